The number of rotatable bonds is 4. The van der Waals surface area contributed by atoms with E-state index >= 15 is 0 Å². The summed E-state index contributed by atoms with van der Waals surface area (Å²) in [5.74, 6) is 1.40. The number of aromatic nitrogens is 2. The normalized spacial score (nSPS) is 11.7. The minimum atomic E-state index is 0.141. The van der Waals surface area contributed by atoms with Crippen molar-refractivity contribution in [3.05, 3.63) is 65.2 Å². The molecular formula is C20H22N2OS. The molecule has 0 spiro atoms. The quantitative estimate of drug-likeness (QED) is 0.577. The standard InChI is InChI=1S/C20H22N2OS/c1-14-7-5-6-8-16(14)13-24-19-22-21-18(23-19)15-9-11-17(12-10-15)20(2,3)4/h5-12H,13H2,1-4H3. The van der Waals surface area contributed by atoms with Crippen molar-refractivity contribution < 1.29 is 4.42 Å². The van der Waals surface area contributed by atoms with Crippen LogP contribution in [-0.2, 0) is 11.2 Å². The summed E-state index contributed by atoms with van der Waals surface area (Å²) in [5, 5.41) is 8.94. The maximum atomic E-state index is 5.80. The van der Waals surface area contributed by atoms with Crippen LogP contribution in [0.2, 0.25) is 0 Å². The third-order valence-electron chi connectivity index (χ3n) is 4.02. The summed E-state index contributed by atoms with van der Waals surface area (Å²) >= 11 is 1.57. The molecule has 0 N–H and O–H groups in total. The number of hydrogen-bond acceptors (Lipinski definition) is 4. The van der Waals surface area contributed by atoms with E-state index in [0.717, 1.165) is 11.3 Å². The SMILES string of the molecule is Cc1ccccc1CSc1nnc(-c2ccc(C(C)(C)C)cc2)o1. The molecule has 4 heteroatoms. The first kappa shape index (κ1) is 16.8. The summed E-state index contributed by atoms with van der Waals surface area (Å²) in [7, 11) is 0. The van der Waals surface area contributed by atoms with Gasteiger partial charge in [0.2, 0.25) is 5.89 Å². The van der Waals surface area contributed by atoms with Gasteiger partial charge in [0.05, 0.1) is 0 Å². The topological polar surface area (TPSA) is 38.9 Å². The van der Waals surface area contributed by atoms with Gasteiger partial charge in [0, 0.05) is 11.3 Å². The number of benzene rings is 2. The lowest BCUT2D eigenvalue weighted by Crippen LogP contribution is -2.10. The molecule has 124 valence electrons. The van der Waals surface area contributed by atoms with Crippen LogP contribution in [0.5, 0.6) is 0 Å². The fourth-order valence-electron chi connectivity index (χ4n) is 2.41. The molecule has 0 saturated heterocycles. The summed E-state index contributed by atoms with van der Waals surface area (Å²) in [5.41, 5.74) is 4.96. The van der Waals surface area contributed by atoms with Crippen LogP contribution >= 0.6 is 11.8 Å². The Morgan fingerprint density at radius 2 is 1.67 bits per heavy atom. The highest BCUT2D eigenvalue weighted by atomic mass is 32.2. The van der Waals surface area contributed by atoms with Crippen LogP contribution in [0, 0.1) is 6.92 Å². The highest BCUT2D eigenvalue weighted by Gasteiger charge is 2.15. The lowest BCUT2D eigenvalue weighted by molar-refractivity contribution is 0.465. The van der Waals surface area contributed by atoms with E-state index < -0.39 is 0 Å². The van der Waals surface area contributed by atoms with Crippen molar-refractivity contribution in [2.24, 2.45) is 0 Å². The monoisotopic (exact) mass is 338 g/mol. The second-order valence-electron chi connectivity index (χ2n) is 6.92. The Labute approximate surface area is 147 Å². The third-order valence-corrected chi connectivity index (χ3v) is 4.88. The van der Waals surface area contributed by atoms with Gasteiger partial charge in [-0.15, -0.1) is 10.2 Å². The van der Waals surface area contributed by atoms with E-state index in [2.05, 4.69) is 74.3 Å². The molecule has 3 nitrogen and oxygen atoms in total. The molecule has 0 saturated carbocycles. The van der Waals surface area contributed by atoms with Crippen molar-refractivity contribution in [3.63, 3.8) is 0 Å². The van der Waals surface area contributed by atoms with Crippen molar-refractivity contribution >= 4 is 11.8 Å². The van der Waals surface area contributed by atoms with Crippen LogP contribution in [0.3, 0.4) is 0 Å². The van der Waals surface area contributed by atoms with Crippen LogP contribution in [0.4, 0.5) is 0 Å². The molecule has 0 fully saturated rings. The fourth-order valence-corrected chi connectivity index (χ4v) is 3.25. The van der Waals surface area contributed by atoms with Crippen LogP contribution in [-0.4, -0.2) is 10.2 Å². The van der Waals surface area contributed by atoms with E-state index in [9.17, 15) is 0 Å². The van der Waals surface area contributed by atoms with Gasteiger partial charge in [-0.05, 0) is 41.2 Å². The van der Waals surface area contributed by atoms with Gasteiger partial charge in [-0.1, -0.05) is 68.9 Å². The Morgan fingerprint density at radius 1 is 0.958 bits per heavy atom. The lowest BCUT2D eigenvalue weighted by Gasteiger charge is -2.18. The summed E-state index contributed by atoms with van der Waals surface area (Å²) in [6, 6.07) is 16.7. The van der Waals surface area contributed by atoms with Gasteiger partial charge >= 0.3 is 0 Å². The van der Waals surface area contributed by atoms with E-state index in [-0.39, 0.29) is 5.41 Å². The highest BCUT2D eigenvalue weighted by Crippen LogP contribution is 2.28. The Bertz CT molecular complexity index is 816. The zero-order chi connectivity index (χ0) is 17.2. The second-order valence-corrected chi connectivity index (χ2v) is 7.84. The first-order valence-electron chi connectivity index (χ1n) is 8.05. The number of aryl methyl sites for hydroxylation is 1. The molecule has 0 atom stereocenters. The van der Waals surface area contributed by atoms with Gasteiger partial charge in [-0.3, -0.25) is 0 Å². The molecule has 0 bridgehead atoms. The predicted octanol–water partition coefficient (Wildman–Crippen LogP) is 5.63. The van der Waals surface area contributed by atoms with E-state index in [0.29, 0.717) is 11.1 Å². The maximum Gasteiger partial charge on any atom is 0.277 e. The molecule has 0 amide bonds. The number of nitrogens with zero attached hydrogens (tertiary/aromatic N) is 2. The lowest BCUT2D eigenvalue weighted by atomic mass is 9.87. The zero-order valence-corrected chi connectivity index (χ0v) is 15.4. The molecule has 0 radical (unpaired) electrons. The van der Waals surface area contributed by atoms with Crippen LogP contribution in [0.1, 0.15) is 37.5 Å². The van der Waals surface area contributed by atoms with Gasteiger partial charge in [-0.2, -0.15) is 0 Å². The van der Waals surface area contributed by atoms with Gasteiger partial charge < -0.3 is 4.42 Å². The molecule has 24 heavy (non-hydrogen) atoms. The van der Waals surface area contributed by atoms with Crippen LogP contribution in [0.15, 0.2) is 58.2 Å². The van der Waals surface area contributed by atoms with E-state index in [1.165, 1.54) is 16.7 Å². The minimum Gasteiger partial charge on any atom is -0.411 e. The summed E-state index contributed by atoms with van der Waals surface area (Å²) in [6.07, 6.45) is 0. The van der Waals surface area contributed by atoms with Gasteiger partial charge in [0.1, 0.15) is 0 Å². The molecule has 1 heterocycles. The number of hydrogen-bond donors (Lipinski definition) is 0. The predicted molar refractivity (Wildman–Crippen MR) is 99.2 cm³/mol. The van der Waals surface area contributed by atoms with Crippen LogP contribution in [0.25, 0.3) is 11.5 Å². The molecule has 0 unspecified atom stereocenters. The van der Waals surface area contributed by atoms with Crippen molar-refractivity contribution in [1.82, 2.24) is 10.2 Å². The molecular weight excluding hydrogens is 316 g/mol. The molecule has 2 aromatic carbocycles. The molecule has 0 aliphatic heterocycles. The smallest absolute Gasteiger partial charge is 0.277 e. The largest absolute Gasteiger partial charge is 0.411 e. The fraction of sp³-hybridized carbons (Fsp3) is 0.300. The summed E-state index contributed by atoms with van der Waals surface area (Å²) in [6.45, 7) is 8.73. The second kappa shape index (κ2) is 6.81. The van der Waals surface area contributed by atoms with Gasteiger partial charge in [0.15, 0.2) is 0 Å². The van der Waals surface area contributed by atoms with E-state index in [1.54, 1.807) is 11.8 Å². The molecule has 0 aliphatic carbocycles. The van der Waals surface area contributed by atoms with Crippen LogP contribution < -0.4 is 0 Å². The van der Waals surface area contributed by atoms with E-state index in [1.807, 2.05) is 12.1 Å². The molecule has 1 aromatic heterocycles. The summed E-state index contributed by atoms with van der Waals surface area (Å²) in [4.78, 5) is 0. The van der Waals surface area contributed by atoms with Crippen molar-refractivity contribution in [1.29, 1.82) is 0 Å². The van der Waals surface area contributed by atoms with Gasteiger partial charge in [-0.25, -0.2) is 0 Å². The average molecular weight is 338 g/mol. The van der Waals surface area contributed by atoms with Crippen molar-refractivity contribution in [2.75, 3.05) is 0 Å². The minimum absolute atomic E-state index is 0.141. The highest BCUT2D eigenvalue weighted by molar-refractivity contribution is 7.98. The third kappa shape index (κ3) is 3.88. The van der Waals surface area contributed by atoms with Gasteiger partial charge in [0.25, 0.3) is 5.22 Å². The Hall–Kier alpha value is -2.07. The Balaban J connectivity index is 1.70. The molecule has 0 aliphatic rings. The van der Waals surface area contributed by atoms with E-state index in [4.69, 9.17) is 4.42 Å². The Morgan fingerprint density at radius 3 is 2.33 bits per heavy atom. The first-order chi connectivity index (χ1) is 11.4. The Kier molecular flexibility index (Phi) is 4.76. The molecule has 3 rings (SSSR count). The van der Waals surface area contributed by atoms with Crippen molar-refractivity contribution in [2.45, 2.75) is 44.1 Å². The average Bonchev–Trinajstić information content (AvgIpc) is 3.02. The first-order valence-corrected chi connectivity index (χ1v) is 9.04. The zero-order valence-electron chi connectivity index (χ0n) is 14.5. The van der Waals surface area contributed by atoms with Crippen molar-refractivity contribution in [3.8, 4) is 11.5 Å². The molecule has 3 aromatic rings. The number of thioether (sulfide) groups is 1. The maximum absolute atomic E-state index is 5.80. The summed E-state index contributed by atoms with van der Waals surface area (Å²) < 4.78 is 5.80.